The number of nitrogens with one attached hydrogen (secondary N) is 1. The van der Waals surface area contributed by atoms with Gasteiger partial charge < -0.3 is 9.88 Å². The highest BCUT2D eigenvalue weighted by molar-refractivity contribution is 9.11. The normalized spacial score (nSPS) is 11.3. The topological polar surface area (TPSA) is 17.0 Å². The standard InChI is InChI=1S/C16H17BrN2S/c1-2-18-10-12-4-3-5-15-14(12)8-9-19(15)11-13-6-7-16(17)20-13/h3-9,18H,2,10-11H2,1H3. The predicted molar refractivity (Wildman–Crippen MR) is 90.4 cm³/mol. The number of aromatic nitrogens is 1. The molecule has 3 aromatic rings. The lowest BCUT2D eigenvalue weighted by Gasteiger charge is -2.07. The van der Waals surface area contributed by atoms with Gasteiger partial charge in [0.05, 0.1) is 10.3 Å². The number of hydrogen-bond donors (Lipinski definition) is 1. The van der Waals surface area contributed by atoms with Crippen molar-refractivity contribution in [3.05, 3.63) is 56.8 Å². The van der Waals surface area contributed by atoms with E-state index in [9.17, 15) is 0 Å². The summed E-state index contributed by atoms with van der Waals surface area (Å²) in [4.78, 5) is 1.37. The Morgan fingerprint density at radius 1 is 1.20 bits per heavy atom. The van der Waals surface area contributed by atoms with Crippen molar-refractivity contribution in [2.24, 2.45) is 0 Å². The Kier molecular flexibility index (Phi) is 4.24. The molecule has 0 aliphatic heterocycles. The highest BCUT2D eigenvalue weighted by Crippen LogP contribution is 2.26. The number of fused-ring (bicyclic) bond motifs is 1. The minimum atomic E-state index is 0.933. The summed E-state index contributed by atoms with van der Waals surface area (Å²) in [5.41, 5.74) is 2.68. The highest BCUT2D eigenvalue weighted by atomic mass is 79.9. The molecule has 1 N–H and O–H groups in total. The van der Waals surface area contributed by atoms with Crippen molar-refractivity contribution >= 4 is 38.2 Å². The van der Waals surface area contributed by atoms with Gasteiger partial charge >= 0.3 is 0 Å². The molecule has 2 heterocycles. The lowest BCUT2D eigenvalue weighted by molar-refractivity contribution is 0.730. The third kappa shape index (κ3) is 2.82. The first-order chi connectivity index (χ1) is 9.78. The summed E-state index contributed by atoms with van der Waals surface area (Å²) < 4.78 is 3.51. The largest absolute Gasteiger partial charge is 0.342 e. The monoisotopic (exact) mass is 348 g/mol. The Morgan fingerprint density at radius 2 is 2.10 bits per heavy atom. The molecule has 0 spiro atoms. The van der Waals surface area contributed by atoms with Gasteiger partial charge in [-0.2, -0.15) is 0 Å². The summed E-state index contributed by atoms with van der Waals surface area (Å²) in [5, 5.41) is 4.76. The maximum atomic E-state index is 3.53. The zero-order chi connectivity index (χ0) is 13.9. The number of nitrogens with zero attached hydrogens (tertiary/aromatic N) is 1. The van der Waals surface area contributed by atoms with Gasteiger partial charge in [-0.15, -0.1) is 11.3 Å². The average Bonchev–Trinajstić information content (AvgIpc) is 3.04. The van der Waals surface area contributed by atoms with Gasteiger partial charge in [-0.05, 0) is 52.3 Å². The number of hydrogen-bond acceptors (Lipinski definition) is 2. The first kappa shape index (κ1) is 13.9. The maximum absolute atomic E-state index is 3.53. The molecule has 0 aliphatic carbocycles. The number of thiophene rings is 1. The molecule has 0 unspecified atom stereocenters. The van der Waals surface area contributed by atoms with Crippen molar-refractivity contribution in [1.82, 2.24) is 9.88 Å². The fraction of sp³-hybridized carbons (Fsp3) is 0.250. The molecule has 0 aliphatic rings. The van der Waals surface area contributed by atoms with Crippen LogP contribution in [0.25, 0.3) is 10.9 Å². The van der Waals surface area contributed by atoms with Crippen LogP contribution in [-0.2, 0) is 13.1 Å². The van der Waals surface area contributed by atoms with Crippen LogP contribution >= 0.6 is 27.3 Å². The van der Waals surface area contributed by atoms with Crippen LogP contribution in [0.3, 0.4) is 0 Å². The molecule has 2 aromatic heterocycles. The van der Waals surface area contributed by atoms with Crippen molar-refractivity contribution in [2.45, 2.75) is 20.0 Å². The van der Waals surface area contributed by atoms with Gasteiger partial charge in [0.15, 0.2) is 0 Å². The third-order valence-electron chi connectivity index (χ3n) is 3.42. The minimum Gasteiger partial charge on any atom is -0.342 e. The van der Waals surface area contributed by atoms with E-state index < -0.39 is 0 Å². The number of benzene rings is 1. The lowest BCUT2D eigenvalue weighted by atomic mass is 10.1. The SMILES string of the molecule is CCNCc1cccc2c1ccn2Cc1ccc(Br)s1. The fourth-order valence-electron chi connectivity index (χ4n) is 2.44. The molecule has 0 saturated carbocycles. The quantitative estimate of drug-likeness (QED) is 0.711. The fourth-order valence-corrected chi connectivity index (χ4v) is 3.93. The second-order valence-corrected chi connectivity index (χ2v) is 7.33. The number of halogens is 1. The Bertz CT molecular complexity index is 714. The van der Waals surface area contributed by atoms with E-state index in [4.69, 9.17) is 0 Å². The van der Waals surface area contributed by atoms with Gasteiger partial charge in [0.25, 0.3) is 0 Å². The van der Waals surface area contributed by atoms with E-state index in [0.29, 0.717) is 0 Å². The van der Waals surface area contributed by atoms with E-state index in [-0.39, 0.29) is 0 Å². The molecule has 0 fully saturated rings. The zero-order valence-electron chi connectivity index (χ0n) is 11.4. The molecule has 104 valence electrons. The molecule has 4 heteroatoms. The Balaban J connectivity index is 1.92. The van der Waals surface area contributed by atoms with Crippen molar-refractivity contribution < 1.29 is 0 Å². The Morgan fingerprint density at radius 3 is 2.85 bits per heavy atom. The van der Waals surface area contributed by atoms with Gasteiger partial charge in [0.1, 0.15) is 0 Å². The third-order valence-corrected chi connectivity index (χ3v) is 5.03. The summed E-state index contributed by atoms with van der Waals surface area (Å²) >= 11 is 5.32. The van der Waals surface area contributed by atoms with Crippen LogP contribution in [0.2, 0.25) is 0 Å². The zero-order valence-corrected chi connectivity index (χ0v) is 13.8. The molecule has 0 bridgehead atoms. The van der Waals surface area contributed by atoms with Crippen molar-refractivity contribution in [3.8, 4) is 0 Å². The highest BCUT2D eigenvalue weighted by Gasteiger charge is 2.06. The smallest absolute Gasteiger partial charge is 0.0702 e. The van der Waals surface area contributed by atoms with E-state index >= 15 is 0 Å². The lowest BCUT2D eigenvalue weighted by Crippen LogP contribution is -2.11. The Hall–Kier alpha value is -1.10. The average molecular weight is 349 g/mol. The van der Waals surface area contributed by atoms with Gasteiger partial charge in [-0.25, -0.2) is 0 Å². The molecule has 3 rings (SSSR count). The van der Waals surface area contributed by atoms with Gasteiger partial charge in [-0.3, -0.25) is 0 Å². The van der Waals surface area contributed by atoms with E-state index in [1.54, 1.807) is 11.3 Å². The molecule has 20 heavy (non-hydrogen) atoms. The van der Waals surface area contributed by atoms with Gasteiger partial charge in [-0.1, -0.05) is 19.1 Å². The van der Waals surface area contributed by atoms with Crippen LogP contribution in [0.1, 0.15) is 17.4 Å². The molecule has 1 aromatic carbocycles. The maximum Gasteiger partial charge on any atom is 0.0702 e. The van der Waals surface area contributed by atoms with Crippen LogP contribution in [0.4, 0.5) is 0 Å². The van der Waals surface area contributed by atoms with E-state index in [2.05, 4.69) is 75.3 Å². The van der Waals surface area contributed by atoms with Crippen LogP contribution < -0.4 is 5.32 Å². The van der Waals surface area contributed by atoms with Crippen molar-refractivity contribution in [3.63, 3.8) is 0 Å². The van der Waals surface area contributed by atoms with Crippen LogP contribution in [0.15, 0.2) is 46.4 Å². The van der Waals surface area contributed by atoms with Crippen LogP contribution in [0.5, 0.6) is 0 Å². The molecule has 0 saturated heterocycles. The molecular weight excluding hydrogens is 332 g/mol. The van der Waals surface area contributed by atoms with Crippen LogP contribution in [-0.4, -0.2) is 11.1 Å². The second kappa shape index (κ2) is 6.12. The minimum absolute atomic E-state index is 0.933. The predicted octanol–water partition coefficient (Wildman–Crippen LogP) is 4.62. The summed E-state index contributed by atoms with van der Waals surface area (Å²) in [6.07, 6.45) is 2.19. The molecular formula is C16H17BrN2S. The summed E-state index contributed by atoms with van der Waals surface area (Å²) in [6, 6.07) is 13.1. The molecule has 0 amide bonds. The van der Waals surface area contributed by atoms with Crippen molar-refractivity contribution in [2.75, 3.05) is 6.54 Å². The first-order valence-corrected chi connectivity index (χ1v) is 8.40. The molecule has 2 nitrogen and oxygen atoms in total. The van der Waals surface area contributed by atoms with E-state index in [1.165, 1.54) is 25.1 Å². The summed E-state index contributed by atoms with van der Waals surface area (Å²) in [5.74, 6) is 0. The molecule has 0 atom stereocenters. The van der Waals surface area contributed by atoms with Crippen LogP contribution in [0, 0.1) is 0 Å². The second-order valence-electron chi connectivity index (χ2n) is 4.78. The van der Waals surface area contributed by atoms with Crippen molar-refractivity contribution in [1.29, 1.82) is 0 Å². The molecule has 0 radical (unpaired) electrons. The van der Waals surface area contributed by atoms with Gasteiger partial charge in [0.2, 0.25) is 0 Å². The van der Waals surface area contributed by atoms with Gasteiger partial charge in [0, 0.05) is 28.5 Å². The summed E-state index contributed by atoms with van der Waals surface area (Å²) in [6.45, 7) is 5.01. The Labute approximate surface area is 131 Å². The van der Waals surface area contributed by atoms with E-state index in [1.807, 2.05) is 0 Å². The first-order valence-electron chi connectivity index (χ1n) is 6.79. The van der Waals surface area contributed by atoms with E-state index in [0.717, 1.165) is 19.6 Å². The number of rotatable bonds is 5. The summed E-state index contributed by atoms with van der Waals surface area (Å²) in [7, 11) is 0.